The molecule has 4 heteroatoms. The van der Waals surface area contributed by atoms with Crippen LogP contribution in [0.2, 0.25) is 0 Å². The number of nitrogens with zero attached hydrogens (tertiary/aromatic N) is 1. The summed E-state index contributed by atoms with van der Waals surface area (Å²) in [6, 6.07) is 4.14. The lowest BCUT2D eigenvalue weighted by Gasteiger charge is -2.29. The van der Waals surface area contributed by atoms with Gasteiger partial charge in [0.25, 0.3) is 0 Å². The van der Waals surface area contributed by atoms with Crippen LogP contribution in [0.3, 0.4) is 0 Å². The first-order valence-electron chi connectivity index (χ1n) is 13.3. The molecule has 0 aromatic heterocycles. The number of hydrogen-bond donors (Lipinski definition) is 0. The van der Waals surface area contributed by atoms with Crippen LogP contribution in [0.25, 0.3) is 0 Å². The number of Topliss-reactive ketones (excluding diaryl/α,β-unsaturated/α-hetero) is 1. The Bertz CT molecular complexity index is 713. The van der Waals surface area contributed by atoms with Crippen LogP contribution in [-0.2, 0) is 17.8 Å². The third-order valence-electron chi connectivity index (χ3n) is 6.66. The summed E-state index contributed by atoms with van der Waals surface area (Å²) in [5.74, 6) is 1.92. The topological polar surface area (TPSA) is 38.8 Å². The van der Waals surface area contributed by atoms with E-state index in [-0.39, 0.29) is 0 Å². The largest absolute Gasteiger partial charge is 0.493 e. The Morgan fingerprint density at radius 3 is 2.06 bits per heavy atom. The van der Waals surface area contributed by atoms with Crippen molar-refractivity contribution in [2.24, 2.45) is 0 Å². The molecule has 0 saturated carbocycles. The molecule has 0 aliphatic carbocycles. The fraction of sp³-hybridized carbons (Fsp3) is 0.690. The van der Waals surface area contributed by atoms with E-state index >= 15 is 0 Å². The van der Waals surface area contributed by atoms with Crippen molar-refractivity contribution >= 4 is 5.78 Å². The highest BCUT2D eigenvalue weighted by Crippen LogP contribution is 2.33. The zero-order chi connectivity index (χ0) is 23.7. The second-order valence-electron chi connectivity index (χ2n) is 9.46. The van der Waals surface area contributed by atoms with Crippen molar-refractivity contribution in [3.63, 3.8) is 0 Å². The van der Waals surface area contributed by atoms with Gasteiger partial charge in [-0.15, -0.1) is 0 Å². The average Bonchev–Trinajstić information content (AvgIpc) is 2.83. The number of methoxy groups -OCH3 is 2. The van der Waals surface area contributed by atoms with Crippen LogP contribution >= 0.6 is 0 Å². The number of fused-ring (bicyclic) bond motifs is 1. The van der Waals surface area contributed by atoms with Crippen molar-refractivity contribution < 1.29 is 14.3 Å². The molecule has 0 bridgehead atoms. The maximum atomic E-state index is 12.5. The Balaban J connectivity index is 1.51. The SMILES string of the molecule is CCCCCCCCC=CCCCCCCC(=O)CN1CCc2cc(OC)c(OC)cc2C1. The van der Waals surface area contributed by atoms with E-state index in [2.05, 4.69) is 36.1 Å². The van der Waals surface area contributed by atoms with Crippen LogP contribution in [-0.4, -0.2) is 38.0 Å². The maximum absolute atomic E-state index is 12.5. The van der Waals surface area contributed by atoms with E-state index in [1.165, 1.54) is 75.3 Å². The number of carbonyl (C=O) groups excluding carboxylic acids is 1. The molecule has 1 aromatic rings. The summed E-state index contributed by atoms with van der Waals surface area (Å²) in [4.78, 5) is 14.7. The van der Waals surface area contributed by atoms with Gasteiger partial charge in [0.1, 0.15) is 5.78 Å². The molecule has 4 nitrogen and oxygen atoms in total. The molecule has 1 aliphatic heterocycles. The minimum atomic E-state index is 0.373. The monoisotopic (exact) mass is 457 g/mol. The zero-order valence-corrected chi connectivity index (χ0v) is 21.5. The molecule has 0 spiro atoms. The van der Waals surface area contributed by atoms with E-state index in [4.69, 9.17) is 9.47 Å². The van der Waals surface area contributed by atoms with Gasteiger partial charge >= 0.3 is 0 Å². The first-order valence-corrected chi connectivity index (χ1v) is 13.3. The molecule has 0 radical (unpaired) electrons. The van der Waals surface area contributed by atoms with Gasteiger partial charge in [0.05, 0.1) is 20.8 Å². The quantitative estimate of drug-likeness (QED) is 0.171. The van der Waals surface area contributed by atoms with E-state index in [0.29, 0.717) is 18.7 Å². The van der Waals surface area contributed by atoms with Gasteiger partial charge in [-0.25, -0.2) is 0 Å². The normalized spacial score (nSPS) is 13.9. The van der Waals surface area contributed by atoms with Gasteiger partial charge in [-0.05, 0) is 61.8 Å². The Labute approximate surface area is 202 Å². The van der Waals surface area contributed by atoms with Crippen molar-refractivity contribution in [3.05, 3.63) is 35.4 Å². The number of benzene rings is 1. The summed E-state index contributed by atoms with van der Waals surface area (Å²) in [7, 11) is 3.34. The number of hydrogen-bond acceptors (Lipinski definition) is 4. The number of rotatable bonds is 18. The Hall–Kier alpha value is -1.81. The van der Waals surface area contributed by atoms with Gasteiger partial charge in [-0.2, -0.15) is 0 Å². The summed E-state index contributed by atoms with van der Waals surface area (Å²) in [6.45, 7) is 4.58. The Morgan fingerprint density at radius 1 is 0.848 bits per heavy atom. The smallest absolute Gasteiger partial charge is 0.161 e. The van der Waals surface area contributed by atoms with E-state index in [9.17, 15) is 4.79 Å². The van der Waals surface area contributed by atoms with Crippen molar-refractivity contribution in [1.29, 1.82) is 0 Å². The van der Waals surface area contributed by atoms with Crippen molar-refractivity contribution in [3.8, 4) is 11.5 Å². The standard InChI is InChI=1S/C29H47NO3/c1-4-5-6-7-8-9-10-11-12-13-14-15-16-17-18-27(31)24-30-20-19-25-21-28(32-2)29(33-3)22-26(25)23-30/h11-12,21-22H,4-10,13-20,23-24H2,1-3H3. The average molecular weight is 458 g/mol. The van der Waals surface area contributed by atoms with E-state index in [0.717, 1.165) is 43.9 Å². The van der Waals surface area contributed by atoms with Crippen molar-refractivity contribution in [2.75, 3.05) is 27.3 Å². The highest BCUT2D eigenvalue weighted by molar-refractivity contribution is 5.80. The third kappa shape index (κ3) is 10.8. The molecule has 0 N–H and O–H groups in total. The van der Waals surface area contributed by atoms with Crippen LogP contribution < -0.4 is 9.47 Å². The first kappa shape index (κ1) is 27.4. The second kappa shape index (κ2) is 16.7. The lowest BCUT2D eigenvalue weighted by Crippen LogP contribution is -2.34. The van der Waals surface area contributed by atoms with Gasteiger partial charge in [-0.3, -0.25) is 9.69 Å². The maximum Gasteiger partial charge on any atom is 0.161 e. The van der Waals surface area contributed by atoms with Crippen LogP contribution in [0, 0.1) is 0 Å². The van der Waals surface area contributed by atoms with Crippen LogP contribution in [0.4, 0.5) is 0 Å². The Morgan fingerprint density at radius 2 is 1.42 bits per heavy atom. The number of ether oxygens (including phenoxy) is 2. The molecular formula is C29H47NO3. The fourth-order valence-corrected chi connectivity index (χ4v) is 4.62. The number of allylic oxidation sites excluding steroid dienone is 2. The molecule has 2 rings (SSSR count). The molecule has 1 heterocycles. The number of unbranched alkanes of at least 4 members (excludes halogenated alkanes) is 10. The van der Waals surface area contributed by atoms with Gasteiger partial charge in [0, 0.05) is 19.5 Å². The third-order valence-corrected chi connectivity index (χ3v) is 6.66. The lowest BCUT2D eigenvalue weighted by molar-refractivity contribution is -0.120. The molecule has 0 fully saturated rings. The summed E-state index contributed by atoms with van der Waals surface area (Å²) >= 11 is 0. The number of carbonyl (C=O) groups is 1. The van der Waals surface area contributed by atoms with Crippen LogP contribution in [0.5, 0.6) is 11.5 Å². The molecule has 0 atom stereocenters. The van der Waals surface area contributed by atoms with E-state index in [1.54, 1.807) is 14.2 Å². The number of ketones is 1. The zero-order valence-electron chi connectivity index (χ0n) is 21.5. The molecule has 1 aromatic carbocycles. The summed E-state index contributed by atoms with van der Waals surface area (Å²) in [5.41, 5.74) is 2.55. The first-order chi connectivity index (χ1) is 16.2. The van der Waals surface area contributed by atoms with Gasteiger partial charge in [0.15, 0.2) is 11.5 Å². The summed E-state index contributed by atoms with van der Waals surface area (Å²) in [6.07, 6.45) is 21.7. The molecular weight excluding hydrogens is 410 g/mol. The van der Waals surface area contributed by atoms with E-state index < -0.39 is 0 Å². The minimum Gasteiger partial charge on any atom is -0.493 e. The molecule has 1 aliphatic rings. The summed E-state index contributed by atoms with van der Waals surface area (Å²) < 4.78 is 10.9. The predicted octanol–water partition coefficient (Wildman–Crippen LogP) is 7.28. The van der Waals surface area contributed by atoms with Gasteiger partial charge in [0.2, 0.25) is 0 Å². The van der Waals surface area contributed by atoms with Crippen LogP contribution in [0.1, 0.15) is 102 Å². The minimum absolute atomic E-state index is 0.373. The molecule has 0 unspecified atom stereocenters. The Kier molecular flexibility index (Phi) is 13.9. The second-order valence-corrected chi connectivity index (χ2v) is 9.46. The van der Waals surface area contributed by atoms with Gasteiger partial charge < -0.3 is 9.47 Å². The molecule has 33 heavy (non-hydrogen) atoms. The van der Waals surface area contributed by atoms with Crippen molar-refractivity contribution in [1.82, 2.24) is 4.90 Å². The predicted molar refractivity (Wildman–Crippen MR) is 138 cm³/mol. The fourth-order valence-electron chi connectivity index (χ4n) is 4.62. The molecule has 0 saturated heterocycles. The highest BCUT2D eigenvalue weighted by atomic mass is 16.5. The highest BCUT2D eigenvalue weighted by Gasteiger charge is 2.20. The van der Waals surface area contributed by atoms with E-state index in [1.807, 2.05) is 0 Å². The van der Waals surface area contributed by atoms with Crippen molar-refractivity contribution in [2.45, 2.75) is 103 Å². The molecule has 186 valence electrons. The summed E-state index contributed by atoms with van der Waals surface area (Å²) in [5, 5.41) is 0. The lowest BCUT2D eigenvalue weighted by atomic mass is 9.98. The molecule has 0 amide bonds. The van der Waals surface area contributed by atoms with Gasteiger partial charge in [-0.1, -0.05) is 64.0 Å². The van der Waals surface area contributed by atoms with Crippen LogP contribution in [0.15, 0.2) is 24.3 Å².